The van der Waals surface area contributed by atoms with Gasteiger partial charge in [-0.05, 0) is 86.6 Å². The van der Waals surface area contributed by atoms with Crippen LogP contribution in [0.1, 0.15) is 61.8 Å². The number of aryl methyl sites for hydroxylation is 1. The Kier molecular flexibility index (Phi) is 6.86. The molecule has 0 radical (unpaired) electrons. The third kappa shape index (κ3) is 4.59. The highest BCUT2D eigenvalue weighted by Gasteiger charge is 2.34. The summed E-state index contributed by atoms with van der Waals surface area (Å²) in [6.45, 7) is 10.3. The molecule has 1 N–H and O–H groups in total. The maximum absolute atomic E-state index is 13.1. The van der Waals surface area contributed by atoms with Crippen molar-refractivity contribution in [2.24, 2.45) is 17.8 Å². The third-order valence-corrected chi connectivity index (χ3v) is 6.96. The number of hydrogen-bond donors (Lipinski definition) is 1. The first-order valence-corrected chi connectivity index (χ1v) is 11.1. The molecule has 5 heteroatoms. The van der Waals surface area contributed by atoms with Crippen molar-refractivity contribution in [3.63, 3.8) is 0 Å². The van der Waals surface area contributed by atoms with Gasteiger partial charge in [-0.3, -0.25) is 9.59 Å². The summed E-state index contributed by atoms with van der Waals surface area (Å²) >= 11 is 0. The summed E-state index contributed by atoms with van der Waals surface area (Å²) in [6.07, 6.45) is 5.09. The average molecular weight is 402 g/mol. The molecule has 0 bridgehead atoms. The molecular formula is C24H35NO4. The molecule has 0 saturated carbocycles. The van der Waals surface area contributed by atoms with Gasteiger partial charge in [0.15, 0.2) is 0 Å². The van der Waals surface area contributed by atoms with Gasteiger partial charge in [0.1, 0.15) is 5.75 Å². The van der Waals surface area contributed by atoms with Gasteiger partial charge in [0.25, 0.3) is 0 Å². The summed E-state index contributed by atoms with van der Waals surface area (Å²) < 4.78 is 5.98. The molecule has 0 unspecified atom stereocenters. The summed E-state index contributed by atoms with van der Waals surface area (Å²) in [4.78, 5) is 26.2. The van der Waals surface area contributed by atoms with E-state index in [1.807, 2.05) is 4.90 Å². The van der Waals surface area contributed by atoms with Crippen LogP contribution < -0.4 is 4.74 Å². The van der Waals surface area contributed by atoms with Gasteiger partial charge in [-0.15, -0.1) is 0 Å². The molecule has 0 aromatic heterocycles. The molecule has 1 heterocycles. The second-order valence-electron chi connectivity index (χ2n) is 8.85. The minimum Gasteiger partial charge on any atom is -0.493 e. The molecule has 29 heavy (non-hydrogen) atoms. The molecule has 160 valence electrons. The Balaban J connectivity index is 1.70. The molecule has 5 nitrogen and oxygen atoms in total. The second kappa shape index (κ2) is 9.19. The first-order chi connectivity index (χ1) is 13.8. The van der Waals surface area contributed by atoms with Gasteiger partial charge < -0.3 is 14.7 Å². The van der Waals surface area contributed by atoms with Crippen LogP contribution >= 0.6 is 0 Å². The molecule has 1 aliphatic heterocycles. The molecule has 1 amide bonds. The van der Waals surface area contributed by atoms with Crippen LogP contribution in [0.25, 0.3) is 0 Å². The van der Waals surface area contributed by atoms with E-state index in [4.69, 9.17) is 4.74 Å². The number of aliphatic carboxylic acids is 1. The largest absolute Gasteiger partial charge is 0.493 e. The molecule has 2 atom stereocenters. The van der Waals surface area contributed by atoms with Crippen molar-refractivity contribution in [1.82, 2.24) is 4.90 Å². The maximum Gasteiger partial charge on any atom is 0.306 e. The van der Waals surface area contributed by atoms with E-state index in [1.54, 1.807) is 0 Å². The average Bonchev–Trinajstić information content (AvgIpc) is 2.73. The highest BCUT2D eigenvalue weighted by atomic mass is 16.5. The number of amides is 1. The zero-order valence-corrected chi connectivity index (χ0v) is 18.3. The Morgan fingerprint density at radius 2 is 1.90 bits per heavy atom. The lowest BCUT2D eigenvalue weighted by Gasteiger charge is -2.36. The third-order valence-electron chi connectivity index (χ3n) is 6.96. The van der Waals surface area contributed by atoms with Gasteiger partial charge in [0.2, 0.25) is 5.91 Å². The van der Waals surface area contributed by atoms with Crippen LogP contribution in [0.5, 0.6) is 5.75 Å². The van der Waals surface area contributed by atoms with Crippen molar-refractivity contribution < 1.29 is 19.4 Å². The molecule has 3 rings (SSSR count). The normalized spacial score (nSPS) is 20.8. The summed E-state index contributed by atoms with van der Waals surface area (Å²) in [5, 5.41) is 9.18. The number of fused-ring (bicyclic) bond motifs is 1. The molecule has 1 fully saturated rings. The minimum absolute atomic E-state index is 0.0375. The van der Waals surface area contributed by atoms with E-state index in [2.05, 4.69) is 33.8 Å². The first-order valence-electron chi connectivity index (χ1n) is 11.1. The Morgan fingerprint density at radius 3 is 2.52 bits per heavy atom. The molecule has 1 saturated heterocycles. The van der Waals surface area contributed by atoms with Crippen LogP contribution in [0.2, 0.25) is 0 Å². The van der Waals surface area contributed by atoms with E-state index in [0.29, 0.717) is 31.8 Å². The fraction of sp³-hybridized carbons (Fsp3) is 0.667. The van der Waals surface area contributed by atoms with Gasteiger partial charge >= 0.3 is 5.97 Å². The summed E-state index contributed by atoms with van der Waals surface area (Å²) in [5.41, 5.74) is 5.33. The fourth-order valence-corrected chi connectivity index (χ4v) is 4.95. The second-order valence-corrected chi connectivity index (χ2v) is 8.85. The van der Waals surface area contributed by atoms with Crippen LogP contribution in [0.15, 0.2) is 6.07 Å². The van der Waals surface area contributed by atoms with Crippen LogP contribution in [0, 0.1) is 31.6 Å². The van der Waals surface area contributed by atoms with Gasteiger partial charge in [-0.2, -0.15) is 0 Å². The van der Waals surface area contributed by atoms with Gasteiger partial charge in [0.05, 0.1) is 12.5 Å². The van der Waals surface area contributed by atoms with Crippen molar-refractivity contribution in [2.45, 2.75) is 66.2 Å². The van der Waals surface area contributed by atoms with Gasteiger partial charge in [-0.25, -0.2) is 0 Å². The van der Waals surface area contributed by atoms with Crippen molar-refractivity contribution in [3.8, 4) is 5.75 Å². The van der Waals surface area contributed by atoms with Gasteiger partial charge in [-0.1, -0.05) is 13.8 Å². The highest BCUT2D eigenvalue weighted by Crippen LogP contribution is 2.38. The maximum atomic E-state index is 13.1. The first kappa shape index (κ1) is 21.7. The summed E-state index contributed by atoms with van der Waals surface area (Å²) in [7, 11) is 0. The predicted octanol–water partition coefficient (Wildman–Crippen LogP) is 4.16. The van der Waals surface area contributed by atoms with Crippen molar-refractivity contribution >= 4 is 11.9 Å². The molecule has 1 aromatic carbocycles. The fourth-order valence-electron chi connectivity index (χ4n) is 4.95. The van der Waals surface area contributed by atoms with Crippen LogP contribution in [-0.2, 0) is 22.4 Å². The number of nitrogens with zero attached hydrogens (tertiary/aromatic N) is 1. The number of benzene rings is 1. The van der Waals surface area contributed by atoms with E-state index in [9.17, 15) is 14.7 Å². The lowest BCUT2D eigenvalue weighted by Crippen LogP contribution is -2.44. The van der Waals surface area contributed by atoms with Crippen LogP contribution in [0.3, 0.4) is 0 Å². The Bertz CT molecular complexity index is 765. The number of rotatable bonds is 6. The van der Waals surface area contributed by atoms with E-state index in [1.165, 1.54) is 22.3 Å². The van der Waals surface area contributed by atoms with Crippen molar-refractivity contribution in [1.29, 1.82) is 0 Å². The van der Waals surface area contributed by atoms with Gasteiger partial charge in [0, 0.05) is 19.0 Å². The number of carboxylic acids is 1. The molecule has 1 aliphatic carbocycles. The minimum atomic E-state index is -0.735. The van der Waals surface area contributed by atoms with E-state index in [0.717, 1.165) is 38.0 Å². The monoisotopic (exact) mass is 401 g/mol. The lowest BCUT2D eigenvalue weighted by atomic mass is 9.74. The standard InChI is InChI=1S/C24H35NO4/c1-5-12-29-22-13-15(2)20-7-6-19(14-21(20)17(22)4)16(3)23(26)25-10-8-18(9-11-25)24(27)28/h13,16,18-19H,5-12,14H2,1-4H3,(H,27,28)/t16-,19+/m0/s1. The lowest BCUT2D eigenvalue weighted by molar-refractivity contribution is -0.147. The molecule has 2 aliphatic rings. The number of hydrogen-bond acceptors (Lipinski definition) is 3. The molecule has 0 spiro atoms. The topological polar surface area (TPSA) is 66.8 Å². The number of carbonyl (C=O) groups excluding carboxylic acids is 1. The zero-order chi connectivity index (χ0) is 21.1. The quantitative estimate of drug-likeness (QED) is 0.777. The summed E-state index contributed by atoms with van der Waals surface area (Å²) in [6, 6.07) is 2.17. The molecule has 1 aromatic rings. The molecular weight excluding hydrogens is 366 g/mol. The Morgan fingerprint density at radius 1 is 1.21 bits per heavy atom. The SMILES string of the molecule is CCCOc1cc(C)c2c(c1C)C[C@H]([C@H](C)C(=O)N1CCC(C(=O)O)CC1)CC2. The number of piperidine rings is 1. The van der Waals surface area contributed by atoms with Crippen molar-refractivity contribution in [2.75, 3.05) is 19.7 Å². The smallest absolute Gasteiger partial charge is 0.306 e. The predicted molar refractivity (Wildman–Crippen MR) is 113 cm³/mol. The van der Waals surface area contributed by atoms with E-state index < -0.39 is 5.97 Å². The van der Waals surface area contributed by atoms with E-state index >= 15 is 0 Å². The Labute approximate surface area is 174 Å². The number of carboxylic acid groups (broad SMARTS) is 1. The zero-order valence-electron chi connectivity index (χ0n) is 18.3. The van der Waals surface area contributed by atoms with E-state index in [-0.39, 0.29) is 17.7 Å². The Hall–Kier alpha value is -2.04. The van der Waals surface area contributed by atoms with Crippen molar-refractivity contribution in [3.05, 3.63) is 28.3 Å². The number of ether oxygens (including phenoxy) is 1. The van der Waals surface area contributed by atoms with Crippen LogP contribution in [0.4, 0.5) is 0 Å². The number of likely N-dealkylation sites (tertiary alicyclic amines) is 1. The summed E-state index contributed by atoms with van der Waals surface area (Å²) in [5.74, 6) is 0.425. The van der Waals surface area contributed by atoms with Crippen LogP contribution in [-0.4, -0.2) is 41.6 Å². The highest BCUT2D eigenvalue weighted by molar-refractivity contribution is 5.79. The number of carbonyl (C=O) groups is 2.